The molecule has 2 heterocycles. The second-order valence-electron chi connectivity index (χ2n) is 3.67. The quantitative estimate of drug-likeness (QED) is 0.381. The molecule has 2 aliphatic heterocycles. The molecule has 0 amide bonds. The lowest BCUT2D eigenvalue weighted by Gasteiger charge is -2.38. The van der Waals surface area contributed by atoms with Gasteiger partial charge in [0.2, 0.25) is 0 Å². The molecule has 6 atom stereocenters. The van der Waals surface area contributed by atoms with Gasteiger partial charge in [0, 0.05) is 6.42 Å². The van der Waals surface area contributed by atoms with Gasteiger partial charge in [0.1, 0.15) is 24.4 Å². The highest BCUT2D eigenvalue weighted by atomic mass is 16.7. The van der Waals surface area contributed by atoms with E-state index in [1.807, 2.05) is 0 Å². The molecule has 0 bridgehead atoms. The van der Waals surface area contributed by atoms with Gasteiger partial charge in [0.05, 0.1) is 12.7 Å². The fourth-order valence-corrected chi connectivity index (χ4v) is 1.96. The average molecular weight is 206 g/mol. The van der Waals surface area contributed by atoms with E-state index in [1.54, 1.807) is 0 Å². The summed E-state index contributed by atoms with van der Waals surface area (Å²) in [4.78, 5) is 0. The van der Waals surface area contributed by atoms with Crippen LogP contribution in [0.1, 0.15) is 6.42 Å². The molecule has 2 fully saturated rings. The van der Waals surface area contributed by atoms with Crippen LogP contribution in [0.2, 0.25) is 0 Å². The van der Waals surface area contributed by atoms with Gasteiger partial charge in [0.15, 0.2) is 6.29 Å². The van der Waals surface area contributed by atoms with Crippen molar-refractivity contribution in [2.45, 2.75) is 43.2 Å². The zero-order chi connectivity index (χ0) is 10.3. The highest BCUT2D eigenvalue weighted by Gasteiger charge is 2.49. The molecule has 6 heteroatoms. The molecule has 4 N–H and O–H groups in total. The van der Waals surface area contributed by atoms with Crippen LogP contribution in [-0.4, -0.2) is 63.8 Å². The van der Waals surface area contributed by atoms with Crippen LogP contribution in [0, 0.1) is 0 Å². The Balaban J connectivity index is 2.09. The van der Waals surface area contributed by atoms with E-state index in [9.17, 15) is 10.2 Å². The van der Waals surface area contributed by atoms with Gasteiger partial charge in [0.25, 0.3) is 0 Å². The summed E-state index contributed by atoms with van der Waals surface area (Å²) in [5.41, 5.74) is 0. The van der Waals surface area contributed by atoms with Crippen LogP contribution in [0.15, 0.2) is 0 Å². The molecule has 6 nitrogen and oxygen atoms in total. The van der Waals surface area contributed by atoms with E-state index < -0.39 is 36.8 Å². The number of fused-ring (bicyclic) bond motifs is 1. The van der Waals surface area contributed by atoms with Crippen LogP contribution in [0.25, 0.3) is 0 Å². The van der Waals surface area contributed by atoms with E-state index >= 15 is 0 Å². The number of aliphatic hydroxyl groups is 4. The Labute approximate surface area is 80.7 Å². The number of rotatable bonds is 1. The first-order valence-corrected chi connectivity index (χ1v) is 4.59. The van der Waals surface area contributed by atoms with E-state index in [4.69, 9.17) is 19.7 Å². The van der Waals surface area contributed by atoms with E-state index in [0.29, 0.717) is 0 Å². The second kappa shape index (κ2) is 3.73. The van der Waals surface area contributed by atoms with Crippen LogP contribution >= 0.6 is 0 Å². The normalized spacial score (nSPS) is 53.1. The summed E-state index contributed by atoms with van der Waals surface area (Å²) < 4.78 is 10.2. The molecular weight excluding hydrogens is 192 g/mol. The van der Waals surface area contributed by atoms with Gasteiger partial charge in [-0.05, 0) is 0 Å². The maximum Gasteiger partial charge on any atom is 0.157 e. The van der Waals surface area contributed by atoms with Crippen LogP contribution < -0.4 is 0 Å². The molecule has 0 aliphatic carbocycles. The summed E-state index contributed by atoms with van der Waals surface area (Å²) in [6, 6.07) is 0. The summed E-state index contributed by atoms with van der Waals surface area (Å²) in [5.74, 6) is 0. The summed E-state index contributed by atoms with van der Waals surface area (Å²) in [7, 11) is 0. The Morgan fingerprint density at radius 2 is 1.79 bits per heavy atom. The molecule has 2 rings (SSSR count). The third-order valence-electron chi connectivity index (χ3n) is 2.71. The third-order valence-corrected chi connectivity index (χ3v) is 2.71. The smallest absolute Gasteiger partial charge is 0.157 e. The highest BCUT2D eigenvalue weighted by Crippen LogP contribution is 2.32. The van der Waals surface area contributed by atoms with Crippen molar-refractivity contribution in [3.8, 4) is 0 Å². The van der Waals surface area contributed by atoms with E-state index in [1.165, 1.54) is 0 Å². The van der Waals surface area contributed by atoms with Crippen LogP contribution in [-0.2, 0) is 9.47 Å². The van der Waals surface area contributed by atoms with Crippen molar-refractivity contribution in [2.75, 3.05) is 6.61 Å². The Hall–Kier alpha value is -0.240. The molecule has 0 spiro atoms. The molecular formula is C8H14O6. The van der Waals surface area contributed by atoms with Crippen molar-refractivity contribution in [1.82, 2.24) is 0 Å². The topological polar surface area (TPSA) is 99.4 Å². The zero-order valence-electron chi connectivity index (χ0n) is 7.48. The first-order valence-electron chi connectivity index (χ1n) is 4.59. The van der Waals surface area contributed by atoms with Crippen molar-refractivity contribution in [3.63, 3.8) is 0 Å². The fourth-order valence-electron chi connectivity index (χ4n) is 1.96. The zero-order valence-corrected chi connectivity index (χ0v) is 7.48. The maximum atomic E-state index is 9.59. The molecule has 0 aromatic carbocycles. The minimum Gasteiger partial charge on any atom is -0.394 e. The number of aliphatic hydroxyl groups excluding tert-OH is 4. The number of hydrogen-bond donors (Lipinski definition) is 4. The SMILES string of the molecule is OC[C@H]1O[C@@H]2CC(O)O[C@H]2[C@@H](O)[C@@H]1O. The molecule has 0 saturated carbocycles. The Kier molecular flexibility index (Phi) is 2.74. The van der Waals surface area contributed by atoms with Crippen molar-refractivity contribution >= 4 is 0 Å². The van der Waals surface area contributed by atoms with Crippen molar-refractivity contribution in [3.05, 3.63) is 0 Å². The molecule has 0 aromatic rings. The van der Waals surface area contributed by atoms with Gasteiger partial charge in [-0.15, -0.1) is 0 Å². The van der Waals surface area contributed by atoms with Crippen LogP contribution in [0.4, 0.5) is 0 Å². The van der Waals surface area contributed by atoms with E-state index in [2.05, 4.69) is 0 Å². The fraction of sp³-hybridized carbons (Fsp3) is 1.00. The molecule has 2 aliphatic rings. The first-order chi connectivity index (χ1) is 6.63. The van der Waals surface area contributed by atoms with Crippen molar-refractivity contribution < 1.29 is 29.9 Å². The standard InChI is InChI=1S/C8H14O6/c9-2-4-6(11)7(12)8-3(13-4)1-5(10)14-8/h3-12H,1-2H2/t3-,4-,5?,6-,7+,8-/m1/s1. The summed E-state index contributed by atoms with van der Waals surface area (Å²) >= 11 is 0. The highest BCUT2D eigenvalue weighted by molar-refractivity contribution is 4.96. The number of hydrogen-bond acceptors (Lipinski definition) is 6. The van der Waals surface area contributed by atoms with Crippen molar-refractivity contribution in [2.24, 2.45) is 0 Å². The van der Waals surface area contributed by atoms with Gasteiger partial charge >= 0.3 is 0 Å². The molecule has 0 aromatic heterocycles. The summed E-state index contributed by atoms with van der Waals surface area (Å²) in [6.07, 6.45) is -4.98. The summed E-state index contributed by atoms with van der Waals surface area (Å²) in [6.45, 7) is -0.364. The minimum absolute atomic E-state index is 0.255. The lowest BCUT2D eigenvalue weighted by Crippen LogP contribution is -2.57. The average Bonchev–Trinajstić information content (AvgIpc) is 2.52. The van der Waals surface area contributed by atoms with Gasteiger partial charge in [-0.3, -0.25) is 0 Å². The predicted molar refractivity (Wildman–Crippen MR) is 43.3 cm³/mol. The van der Waals surface area contributed by atoms with Gasteiger partial charge in [-0.25, -0.2) is 0 Å². The van der Waals surface area contributed by atoms with Gasteiger partial charge in [-0.1, -0.05) is 0 Å². The lowest BCUT2D eigenvalue weighted by molar-refractivity contribution is -0.226. The molecule has 14 heavy (non-hydrogen) atoms. The van der Waals surface area contributed by atoms with Crippen molar-refractivity contribution in [1.29, 1.82) is 0 Å². The van der Waals surface area contributed by atoms with E-state index in [-0.39, 0.29) is 13.0 Å². The third kappa shape index (κ3) is 1.54. The largest absolute Gasteiger partial charge is 0.394 e. The second-order valence-corrected chi connectivity index (χ2v) is 3.67. The molecule has 0 radical (unpaired) electrons. The van der Waals surface area contributed by atoms with E-state index in [0.717, 1.165) is 0 Å². The lowest BCUT2D eigenvalue weighted by atomic mass is 9.95. The molecule has 1 unspecified atom stereocenters. The van der Waals surface area contributed by atoms with Gasteiger partial charge < -0.3 is 29.9 Å². The Bertz CT molecular complexity index is 208. The Morgan fingerprint density at radius 3 is 2.43 bits per heavy atom. The van der Waals surface area contributed by atoms with Crippen LogP contribution in [0.3, 0.4) is 0 Å². The van der Waals surface area contributed by atoms with Gasteiger partial charge in [-0.2, -0.15) is 0 Å². The first kappa shape index (κ1) is 10.3. The monoisotopic (exact) mass is 206 g/mol. The minimum atomic E-state index is -1.17. The Morgan fingerprint density at radius 1 is 1.07 bits per heavy atom. The summed E-state index contributed by atoms with van der Waals surface area (Å²) in [5, 5.41) is 37.1. The van der Waals surface area contributed by atoms with Crippen LogP contribution in [0.5, 0.6) is 0 Å². The number of ether oxygens (including phenoxy) is 2. The molecule has 82 valence electrons. The molecule has 2 saturated heterocycles. The maximum absolute atomic E-state index is 9.59. The predicted octanol–water partition coefficient (Wildman–Crippen LogP) is -2.42.